The van der Waals surface area contributed by atoms with Crippen molar-refractivity contribution < 1.29 is 14.6 Å². The van der Waals surface area contributed by atoms with Gasteiger partial charge in [-0.25, -0.2) is 0 Å². The van der Waals surface area contributed by atoms with Crippen LogP contribution in [-0.4, -0.2) is 31.7 Å². The molecule has 0 aliphatic rings. The van der Waals surface area contributed by atoms with E-state index in [9.17, 15) is 0 Å². The van der Waals surface area contributed by atoms with Crippen molar-refractivity contribution in [3.8, 4) is 0 Å². The van der Waals surface area contributed by atoms with Crippen molar-refractivity contribution in [2.24, 2.45) is 0 Å². The first-order valence-corrected chi connectivity index (χ1v) is 4.97. The molecule has 0 aromatic carbocycles. The van der Waals surface area contributed by atoms with E-state index in [2.05, 4.69) is 6.92 Å². The molecule has 1 N–H and O–H groups in total. The molecule has 0 rings (SSSR count). The lowest BCUT2D eigenvalue weighted by Crippen LogP contribution is -2.02. The van der Waals surface area contributed by atoms with Gasteiger partial charge in [-0.1, -0.05) is 19.8 Å². The lowest BCUT2D eigenvalue weighted by Gasteiger charge is -2.04. The first-order chi connectivity index (χ1) is 6.41. The van der Waals surface area contributed by atoms with E-state index in [1.54, 1.807) is 0 Å². The highest BCUT2D eigenvalue weighted by molar-refractivity contribution is 4.40. The molecule has 0 atom stereocenters. The summed E-state index contributed by atoms with van der Waals surface area (Å²) in [5.74, 6) is 0. The Balaban J connectivity index is 2.76. The quantitative estimate of drug-likeness (QED) is 0.420. The highest BCUT2D eigenvalue weighted by Crippen LogP contribution is 1.99. The van der Waals surface area contributed by atoms with E-state index in [1.807, 2.05) is 0 Å². The summed E-state index contributed by atoms with van der Waals surface area (Å²) in [5.41, 5.74) is 0. The molecule has 0 fully saturated rings. The molecule has 3 nitrogen and oxygen atoms in total. The normalized spacial score (nSPS) is 10.6. The largest absolute Gasteiger partial charge is 0.396 e. The summed E-state index contributed by atoms with van der Waals surface area (Å²) in [4.78, 5) is 0. The van der Waals surface area contributed by atoms with Crippen LogP contribution in [0.3, 0.4) is 0 Å². The Bertz CT molecular complexity index is 76.2. The Kier molecular flexibility index (Phi) is 11.8. The van der Waals surface area contributed by atoms with Crippen molar-refractivity contribution in [1.29, 1.82) is 0 Å². The fourth-order valence-corrected chi connectivity index (χ4v) is 0.948. The highest BCUT2D eigenvalue weighted by Gasteiger charge is 1.90. The smallest absolute Gasteiger partial charge is 0.146 e. The molecule has 79 valence electrons. The minimum Gasteiger partial charge on any atom is -0.396 e. The molecular weight excluding hydrogens is 168 g/mol. The second-order valence-electron chi connectivity index (χ2n) is 2.93. The molecule has 0 aromatic rings. The SMILES string of the molecule is [CH2]CCOCOCCCCCCO. The van der Waals surface area contributed by atoms with Crippen molar-refractivity contribution in [3.05, 3.63) is 6.92 Å². The van der Waals surface area contributed by atoms with Crippen molar-refractivity contribution in [3.63, 3.8) is 0 Å². The van der Waals surface area contributed by atoms with Crippen LogP contribution >= 0.6 is 0 Å². The van der Waals surface area contributed by atoms with Gasteiger partial charge in [-0.2, -0.15) is 0 Å². The van der Waals surface area contributed by atoms with E-state index in [4.69, 9.17) is 14.6 Å². The Morgan fingerprint density at radius 2 is 1.62 bits per heavy atom. The van der Waals surface area contributed by atoms with Crippen molar-refractivity contribution in [1.82, 2.24) is 0 Å². The summed E-state index contributed by atoms with van der Waals surface area (Å²) in [5, 5.41) is 8.51. The van der Waals surface area contributed by atoms with Gasteiger partial charge < -0.3 is 14.6 Å². The summed E-state index contributed by atoms with van der Waals surface area (Å²) in [6.07, 6.45) is 4.95. The average Bonchev–Trinajstić information content (AvgIpc) is 2.16. The number of aliphatic hydroxyl groups excluding tert-OH is 1. The van der Waals surface area contributed by atoms with E-state index in [0.29, 0.717) is 20.0 Å². The van der Waals surface area contributed by atoms with Crippen LogP contribution in [0.5, 0.6) is 0 Å². The molecule has 13 heavy (non-hydrogen) atoms. The molecule has 3 heteroatoms. The number of hydrogen-bond acceptors (Lipinski definition) is 3. The number of ether oxygens (including phenoxy) is 2. The topological polar surface area (TPSA) is 38.7 Å². The van der Waals surface area contributed by atoms with Crippen LogP contribution in [0.2, 0.25) is 0 Å². The Morgan fingerprint density at radius 3 is 2.31 bits per heavy atom. The Labute approximate surface area is 81.0 Å². The van der Waals surface area contributed by atoms with Gasteiger partial charge in [0.25, 0.3) is 0 Å². The van der Waals surface area contributed by atoms with E-state index >= 15 is 0 Å². The van der Waals surface area contributed by atoms with Gasteiger partial charge in [0.15, 0.2) is 0 Å². The van der Waals surface area contributed by atoms with Crippen LogP contribution in [0.4, 0.5) is 0 Å². The highest BCUT2D eigenvalue weighted by atomic mass is 16.7. The third-order valence-corrected chi connectivity index (χ3v) is 1.65. The average molecular weight is 189 g/mol. The lowest BCUT2D eigenvalue weighted by molar-refractivity contribution is -0.0533. The summed E-state index contributed by atoms with van der Waals surface area (Å²) in [6, 6.07) is 0. The number of unbranched alkanes of at least 4 members (excludes halogenated alkanes) is 3. The van der Waals surface area contributed by atoms with Crippen LogP contribution in [0.25, 0.3) is 0 Å². The molecule has 1 radical (unpaired) electrons. The first-order valence-electron chi connectivity index (χ1n) is 4.97. The van der Waals surface area contributed by atoms with Crippen LogP contribution in [0.1, 0.15) is 32.1 Å². The molecule has 0 saturated heterocycles. The number of hydrogen-bond donors (Lipinski definition) is 1. The van der Waals surface area contributed by atoms with Gasteiger partial charge in [0.1, 0.15) is 6.79 Å². The van der Waals surface area contributed by atoms with Gasteiger partial charge in [-0.15, -0.1) is 0 Å². The first kappa shape index (κ1) is 12.9. The minimum atomic E-state index is 0.299. The minimum absolute atomic E-state index is 0.299. The van der Waals surface area contributed by atoms with Crippen LogP contribution < -0.4 is 0 Å². The third kappa shape index (κ3) is 11.9. The van der Waals surface area contributed by atoms with Gasteiger partial charge in [0.2, 0.25) is 0 Å². The van der Waals surface area contributed by atoms with E-state index < -0.39 is 0 Å². The Hall–Kier alpha value is -0.120. The zero-order valence-electron chi connectivity index (χ0n) is 8.33. The summed E-state index contributed by atoms with van der Waals surface area (Å²) < 4.78 is 10.3. The molecule has 0 aliphatic carbocycles. The van der Waals surface area contributed by atoms with Gasteiger partial charge >= 0.3 is 0 Å². The van der Waals surface area contributed by atoms with Crippen LogP contribution in [0.15, 0.2) is 0 Å². The fourth-order valence-electron chi connectivity index (χ4n) is 0.948. The predicted molar refractivity (Wildman–Crippen MR) is 52.3 cm³/mol. The van der Waals surface area contributed by atoms with Crippen molar-refractivity contribution in [2.75, 3.05) is 26.6 Å². The van der Waals surface area contributed by atoms with E-state index in [0.717, 1.165) is 38.7 Å². The summed E-state index contributed by atoms with van der Waals surface area (Å²) >= 11 is 0. The van der Waals surface area contributed by atoms with E-state index in [1.165, 1.54) is 0 Å². The number of aliphatic hydroxyl groups is 1. The predicted octanol–water partition coefficient (Wildman–Crippen LogP) is 1.75. The van der Waals surface area contributed by atoms with Crippen molar-refractivity contribution >= 4 is 0 Å². The second-order valence-corrected chi connectivity index (χ2v) is 2.93. The maximum Gasteiger partial charge on any atom is 0.146 e. The summed E-state index contributed by atoms with van der Waals surface area (Å²) in [6.45, 7) is 5.76. The molecule has 0 spiro atoms. The van der Waals surface area contributed by atoms with Gasteiger partial charge in [-0.3, -0.25) is 0 Å². The zero-order valence-corrected chi connectivity index (χ0v) is 8.33. The molecule has 0 saturated carbocycles. The van der Waals surface area contributed by atoms with Gasteiger partial charge in [0.05, 0.1) is 0 Å². The fraction of sp³-hybridized carbons (Fsp3) is 0.900. The Morgan fingerprint density at radius 1 is 0.923 bits per heavy atom. The van der Waals surface area contributed by atoms with Crippen LogP contribution in [0, 0.1) is 6.92 Å². The zero-order chi connectivity index (χ0) is 9.78. The van der Waals surface area contributed by atoms with E-state index in [-0.39, 0.29) is 0 Å². The maximum absolute atomic E-state index is 8.51. The molecule has 0 unspecified atom stereocenters. The van der Waals surface area contributed by atoms with Crippen molar-refractivity contribution in [2.45, 2.75) is 32.1 Å². The second kappa shape index (κ2) is 11.9. The molecule has 0 aliphatic heterocycles. The van der Waals surface area contributed by atoms with Gasteiger partial charge in [-0.05, 0) is 19.3 Å². The number of rotatable bonds is 10. The molecule has 0 bridgehead atoms. The lowest BCUT2D eigenvalue weighted by atomic mass is 10.2. The third-order valence-electron chi connectivity index (χ3n) is 1.65. The monoisotopic (exact) mass is 189 g/mol. The summed E-state index contributed by atoms with van der Waals surface area (Å²) in [7, 11) is 0. The maximum atomic E-state index is 8.51. The molecule has 0 aromatic heterocycles. The van der Waals surface area contributed by atoms with Gasteiger partial charge in [0, 0.05) is 19.8 Å². The molecule has 0 heterocycles. The molecule has 0 amide bonds. The standard InChI is InChI=1S/C10H21O3/c1-2-8-12-10-13-9-6-4-3-5-7-11/h11H,1-10H2. The molecular formula is C10H21O3. The van der Waals surface area contributed by atoms with Crippen LogP contribution in [-0.2, 0) is 9.47 Å².